The topological polar surface area (TPSA) is 88.1 Å². The van der Waals surface area contributed by atoms with Crippen molar-refractivity contribution in [1.82, 2.24) is 19.7 Å². The molecule has 7 heteroatoms. The number of rotatable bonds is 6. The summed E-state index contributed by atoms with van der Waals surface area (Å²) in [6.45, 7) is 5.26. The zero-order chi connectivity index (χ0) is 13.7. The maximum absolute atomic E-state index is 5.88. The van der Waals surface area contributed by atoms with Crippen molar-refractivity contribution in [1.29, 1.82) is 0 Å². The highest BCUT2D eigenvalue weighted by Crippen LogP contribution is 2.30. The van der Waals surface area contributed by atoms with E-state index in [0.717, 1.165) is 13.0 Å². The van der Waals surface area contributed by atoms with Crippen LogP contribution in [0.3, 0.4) is 0 Å². The zero-order valence-electron chi connectivity index (χ0n) is 11.0. The monoisotopic (exact) mass is 263 g/mol. The molecule has 2 N–H and O–H groups in total. The molecule has 0 saturated heterocycles. The molecule has 102 valence electrons. The third-order valence-electron chi connectivity index (χ3n) is 2.37. The van der Waals surface area contributed by atoms with Crippen LogP contribution in [0.4, 0.5) is 5.69 Å². The van der Waals surface area contributed by atoms with Crippen LogP contribution in [0.5, 0.6) is 17.5 Å². The molecule has 0 spiro atoms. The number of aromatic nitrogens is 4. The number of aryl methyl sites for hydroxylation is 1. The van der Waals surface area contributed by atoms with Gasteiger partial charge in [-0.25, -0.2) is 0 Å². The van der Waals surface area contributed by atoms with Gasteiger partial charge in [-0.15, -0.1) is 0 Å². The molecule has 0 aliphatic heterocycles. The summed E-state index contributed by atoms with van der Waals surface area (Å²) in [5, 5.41) is 4.17. The van der Waals surface area contributed by atoms with Crippen LogP contribution in [0.15, 0.2) is 18.7 Å². The second-order valence-electron chi connectivity index (χ2n) is 3.87. The molecule has 2 rings (SSSR count). The summed E-state index contributed by atoms with van der Waals surface area (Å²) < 4.78 is 12.7. The first-order chi connectivity index (χ1) is 9.24. The quantitative estimate of drug-likeness (QED) is 0.855. The lowest BCUT2D eigenvalue weighted by molar-refractivity contribution is 0.325. The van der Waals surface area contributed by atoms with E-state index in [1.54, 1.807) is 17.1 Å². The van der Waals surface area contributed by atoms with E-state index in [2.05, 4.69) is 22.0 Å². The Kier molecular flexibility index (Phi) is 4.17. The van der Waals surface area contributed by atoms with Crippen LogP contribution in [0.1, 0.15) is 20.3 Å². The van der Waals surface area contributed by atoms with Crippen LogP contribution in [0.25, 0.3) is 0 Å². The number of anilines is 1. The molecule has 0 radical (unpaired) electrons. The first kappa shape index (κ1) is 13.1. The predicted octanol–water partition coefficient (Wildman–Crippen LogP) is 1.86. The normalized spacial score (nSPS) is 10.4. The van der Waals surface area contributed by atoms with Crippen LogP contribution < -0.4 is 15.2 Å². The largest absolute Gasteiger partial charge is 0.476 e. The Bertz CT molecular complexity index is 541. The second kappa shape index (κ2) is 6.03. The Morgan fingerprint density at radius 3 is 2.79 bits per heavy atom. The third kappa shape index (κ3) is 3.12. The highest BCUT2D eigenvalue weighted by atomic mass is 16.5. The Morgan fingerprint density at radius 1 is 1.26 bits per heavy atom. The smallest absolute Gasteiger partial charge is 0.250 e. The summed E-state index contributed by atoms with van der Waals surface area (Å²) in [6.07, 6.45) is 5.78. The molecule has 2 heterocycles. The Morgan fingerprint density at radius 2 is 2.05 bits per heavy atom. The third-order valence-corrected chi connectivity index (χ3v) is 2.37. The molecule has 0 fully saturated rings. The average molecular weight is 263 g/mol. The standard InChI is InChI=1S/C12H17N5O2/c1-3-5-17-7-9(6-16-17)19-12-10(13)11(18-4-2)14-8-15-12/h6-8H,3-5,13H2,1-2H3. The lowest BCUT2D eigenvalue weighted by atomic mass is 10.5. The molecule has 2 aromatic heterocycles. The zero-order valence-corrected chi connectivity index (χ0v) is 11.0. The van der Waals surface area contributed by atoms with E-state index in [4.69, 9.17) is 15.2 Å². The van der Waals surface area contributed by atoms with Crippen molar-refractivity contribution in [3.05, 3.63) is 18.7 Å². The lowest BCUT2D eigenvalue weighted by Gasteiger charge is -2.08. The molecule has 19 heavy (non-hydrogen) atoms. The Labute approximate surface area is 111 Å². The van der Waals surface area contributed by atoms with Gasteiger partial charge in [-0.2, -0.15) is 15.1 Å². The van der Waals surface area contributed by atoms with Gasteiger partial charge in [-0.3, -0.25) is 4.68 Å². The van der Waals surface area contributed by atoms with E-state index in [9.17, 15) is 0 Å². The van der Waals surface area contributed by atoms with Crippen LogP contribution in [0.2, 0.25) is 0 Å². The minimum Gasteiger partial charge on any atom is -0.476 e. The van der Waals surface area contributed by atoms with Crippen LogP contribution >= 0.6 is 0 Å². The van der Waals surface area contributed by atoms with Gasteiger partial charge in [0.25, 0.3) is 0 Å². The van der Waals surface area contributed by atoms with Crippen molar-refractivity contribution in [2.75, 3.05) is 12.3 Å². The van der Waals surface area contributed by atoms with Crippen molar-refractivity contribution in [3.8, 4) is 17.5 Å². The minimum atomic E-state index is 0.273. The van der Waals surface area contributed by atoms with Crippen molar-refractivity contribution in [2.24, 2.45) is 0 Å². The van der Waals surface area contributed by atoms with E-state index in [1.165, 1.54) is 6.33 Å². The van der Waals surface area contributed by atoms with E-state index in [-0.39, 0.29) is 11.6 Å². The number of ether oxygens (including phenoxy) is 2. The van der Waals surface area contributed by atoms with E-state index < -0.39 is 0 Å². The van der Waals surface area contributed by atoms with E-state index in [0.29, 0.717) is 18.2 Å². The molecule has 0 aliphatic carbocycles. The number of hydrogen-bond donors (Lipinski definition) is 1. The van der Waals surface area contributed by atoms with Gasteiger partial charge in [0.15, 0.2) is 11.4 Å². The average Bonchev–Trinajstić information content (AvgIpc) is 2.83. The molecular formula is C12H17N5O2. The predicted molar refractivity (Wildman–Crippen MR) is 70.2 cm³/mol. The van der Waals surface area contributed by atoms with Crippen molar-refractivity contribution in [3.63, 3.8) is 0 Å². The lowest BCUT2D eigenvalue weighted by Crippen LogP contribution is -2.02. The molecule has 0 aromatic carbocycles. The Balaban J connectivity index is 2.15. The Hall–Kier alpha value is -2.31. The number of nitrogen functional groups attached to an aromatic ring is 1. The SMILES string of the molecule is CCCn1cc(Oc2ncnc(OCC)c2N)cn1. The van der Waals surface area contributed by atoms with Crippen molar-refractivity contribution in [2.45, 2.75) is 26.8 Å². The number of hydrogen-bond acceptors (Lipinski definition) is 6. The van der Waals surface area contributed by atoms with Gasteiger partial charge in [-0.05, 0) is 13.3 Å². The summed E-state index contributed by atoms with van der Waals surface area (Å²) in [5.41, 5.74) is 6.17. The van der Waals surface area contributed by atoms with Gasteiger partial charge in [0.05, 0.1) is 19.0 Å². The fourth-order valence-corrected chi connectivity index (χ4v) is 1.56. The van der Waals surface area contributed by atoms with Crippen molar-refractivity contribution < 1.29 is 9.47 Å². The fourth-order valence-electron chi connectivity index (χ4n) is 1.56. The van der Waals surface area contributed by atoms with Gasteiger partial charge in [0, 0.05) is 6.54 Å². The first-order valence-electron chi connectivity index (χ1n) is 6.18. The van der Waals surface area contributed by atoms with Gasteiger partial charge >= 0.3 is 0 Å². The van der Waals surface area contributed by atoms with Crippen molar-refractivity contribution >= 4 is 5.69 Å². The molecule has 0 atom stereocenters. The van der Waals surface area contributed by atoms with Gasteiger partial charge in [0.1, 0.15) is 6.33 Å². The second-order valence-corrected chi connectivity index (χ2v) is 3.87. The van der Waals surface area contributed by atoms with Gasteiger partial charge in [0.2, 0.25) is 11.8 Å². The summed E-state index contributed by atoms with van der Waals surface area (Å²) >= 11 is 0. The molecule has 0 amide bonds. The fraction of sp³-hybridized carbons (Fsp3) is 0.417. The maximum Gasteiger partial charge on any atom is 0.250 e. The van der Waals surface area contributed by atoms with E-state index >= 15 is 0 Å². The van der Waals surface area contributed by atoms with Crippen LogP contribution in [-0.2, 0) is 6.54 Å². The highest BCUT2D eigenvalue weighted by Gasteiger charge is 2.11. The molecule has 0 unspecified atom stereocenters. The molecule has 2 aromatic rings. The molecule has 7 nitrogen and oxygen atoms in total. The minimum absolute atomic E-state index is 0.273. The summed E-state index contributed by atoms with van der Waals surface area (Å²) in [5.74, 6) is 1.18. The number of nitrogens with two attached hydrogens (primary N) is 1. The highest BCUT2D eigenvalue weighted by molar-refractivity contribution is 5.56. The molecule has 0 bridgehead atoms. The van der Waals surface area contributed by atoms with Gasteiger partial charge in [-0.1, -0.05) is 6.92 Å². The van der Waals surface area contributed by atoms with Crippen LogP contribution in [0, 0.1) is 0 Å². The number of nitrogens with zero attached hydrogens (tertiary/aromatic N) is 4. The summed E-state index contributed by atoms with van der Waals surface area (Å²) in [6, 6.07) is 0. The van der Waals surface area contributed by atoms with Gasteiger partial charge < -0.3 is 15.2 Å². The first-order valence-corrected chi connectivity index (χ1v) is 6.18. The summed E-state index contributed by atoms with van der Waals surface area (Å²) in [7, 11) is 0. The van der Waals surface area contributed by atoms with Crippen LogP contribution in [-0.4, -0.2) is 26.4 Å². The molecule has 0 saturated carbocycles. The van der Waals surface area contributed by atoms with E-state index in [1.807, 2.05) is 6.92 Å². The summed E-state index contributed by atoms with van der Waals surface area (Å²) in [4.78, 5) is 7.94. The molecular weight excluding hydrogens is 246 g/mol. The maximum atomic E-state index is 5.88. The molecule has 0 aliphatic rings.